The monoisotopic (exact) mass is 352 g/mol. The average Bonchev–Trinajstić information content (AvgIpc) is 3.57. The van der Waals surface area contributed by atoms with E-state index in [0.717, 1.165) is 11.5 Å². The summed E-state index contributed by atoms with van der Waals surface area (Å²) in [6.45, 7) is 2.48. The Morgan fingerprint density at radius 3 is 2.64 bits per heavy atom. The normalized spacial score (nSPS) is 32.2. The van der Waals surface area contributed by atoms with Crippen LogP contribution in [0.1, 0.15) is 59.7 Å². The number of thiophene rings is 1. The van der Waals surface area contributed by atoms with Crippen molar-refractivity contribution in [1.29, 1.82) is 0 Å². The molecule has 1 N–H and O–H groups in total. The largest absolute Gasteiger partial charge is 0.347 e. The first-order valence-electron chi connectivity index (χ1n) is 9.82. The van der Waals surface area contributed by atoms with Crippen molar-refractivity contribution < 1.29 is 4.79 Å². The molecule has 2 aromatic rings. The van der Waals surface area contributed by atoms with Gasteiger partial charge in [-0.3, -0.25) is 9.69 Å². The van der Waals surface area contributed by atoms with Crippen LogP contribution in [0.3, 0.4) is 0 Å². The molecule has 1 amide bonds. The number of hydrogen-bond acceptors (Lipinski definition) is 3. The molecule has 2 saturated carbocycles. The molecular weight excluding hydrogens is 328 g/mol. The Morgan fingerprint density at radius 2 is 1.92 bits per heavy atom. The summed E-state index contributed by atoms with van der Waals surface area (Å²) in [5, 5.41) is 4.75. The maximum absolute atomic E-state index is 13.0. The standard InChI is InChI=1S/C21H24N2OS/c24-20(22-19-14-5-9-23(10-6-14)21(19)7-8-21)16-4-3-15-11-17(13-1-2-13)25-18(15)12-16/h3-4,11-14,19H,1-2,5-10H2,(H,22,24)/t19-/m1/s1. The van der Waals surface area contributed by atoms with Gasteiger partial charge in [0.2, 0.25) is 0 Å². The van der Waals surface area contributed by atoms with Crippen molar-refractivity contribution in [1.82, 2.24) is 10.2 Å². The number of nitrogens with one attached hydrogen (secondary N) is 1. The molecule has 25 heavy (non-hydrogen) atoms. The fourth-order valence-electron chi connectivity index (χ4n) is 5.31. The lowest BCUT2D eigenvalue weighted by atomic mass is 9.77. The molecule has 5 fully saturated rings. The molecular formula is C21H24N2OS. The minimum Gasteiger partial charge on any atom is -0.347 e. The van der Waals surface area contributed by atoms with Crippen LogP contribution in [0.5, 0.6) is 0 Å². The third-order valence-electron chi connectivity index (χ3n) is 7.05. The van der Waals surface area contributed by atoms with Crippen LogP contribution in [-0.4, -0.2) is 35.5 Å². The van der Waals surface area contributed by atoms with E-state index in [-0.39, 0.29) is 5.91 Å². The lowest BCUT2D eigenvalue weighted by Crippen LogP contribution is -2.65. The average molecular weight is 353 g/mol. The summed E-state index contributed by atoms with van der Waals surface area (Å²) in [6, 6.07) is 8.95. The number of fused-ring (bicyclic) bond motifs is 3. The highest BCUT2D eigenvalue weighted by Crippen LogP contribution is 2.53. The minimum atomic E-state index is 0.133. The Balaban J connectivity index is 1.27. The van der Waals surface area contributed by atoms with Crippen LogP contribution in [-0.2, 0) is 0 Å². The van der Waals surface area contributed by atoms with E-state index >= 15 is 0 Å². The van der Waals surface area contributed by atoms with Gasteiger partial charge in [0, 0.05) is 20.7 Å². The van der Waals surface area contributed by atoms with Crippen molar-refractivity contribution in [2.75, 3.05) is 13.1 Å². The number of benzene rings is 1. The van der Waals surface area contributed by atoms with Crippen molar-refractivity contribution in [3.05, 3.63) is 34.7 Å². The molecule has 3 nitrogen and oxygen atoms in total. The molecule has 1 spiro atoms. The second-order valence-corrected chi connectivity index (χ2v) is 9.67. The first-order chi connectivity index (χ1) is 12.2. The number of carbonyl (C=O) groups is 1. The van der Waals surface area contributed by atoms with Crippen LogP contribution >= 0.6 is 11.3 Å². The second-order valence-electron chi connectivity index (χ2n) is 8.55. The van der Waals surface area contributed by atoms with Gasteiger partial charge in [-0.25, -0.2) is 0 Å². The Kier molecular flexibility index (Phi) is 2.99. The maximum Gasteiger partial charge on any atom is 0.251 e. The zero-order chi connectivity index (χ0) is 16.6. The number of piperidine rings is 3. The second kappa shape index (κ2) is 5.08. The summed E-state index contributed by atoms with van der Waals surface area (Å²) in [5.74, 6) is 1.60. The van der Waals surface area contributed by atoms with Gasteiger partial charge in [-0.15, -0.1) is 11.3 Å². The number of rotatable bonds is 3. The third kappa shape index (κ3) is 2.23. The molecule has 7 rings (SSSR count). The molecule has 5 aliphatic rings. The van der Waals surface area contributed by atoms with Crippen LogP contribution in [0.2, 0.25) is 0 Å². The summed E-state index contributed by atoms with van der Waals surface area (Å²) >= 11 is 1.88. The van der Waals surface area contributed by atoms with Gasteiger partial charge in [-0.05, 0) is 87.0 Å². The van der Waals surface area contributed by atoms with Crippen molar-refractivity contribution in [2.45, 2.75) is 56.0 Å². The predicted octanol–water partition coefficient (Wildman–Crippen LogP) is 4.14. The zero-order valence-corrected chi connectivity index (χ0v) is 15.3. The van der Waals surface area contributed by atoms with Crippen molar-refractivity contribution in [3.8, 4) is 0 Å². The van der Waals surface area contributed by atoms with Gasteiger partial charge in [0.05, 0.1) is 6.04 Å². The van der Waals surface area contributed by atoms with E-state index in [9.17, 15) is 4.79 Å². The molecule has 3 aliphatic heterocycles. The van der Waals surface area contributed by atoms with Gasteiger partial charge in [0.1, 0.15) is 0 Å². The van der Waals surface area contributed by atoms with Crippen molar-refractivity contribution in [3.63, 3.8) is 0 Å². The lowest BCUT2D eigenvalue weighted by molar-refractivity contribution is -0.00144. The Bertz CT molecular complexity index is 856. The highest BCUT2D eigenvalue weighted by Gasteiger charge is 2.60. The molecule has 1 atom stereocenters. The van der Waals surface area contributed by atoms with Crippen molar-refractivity contribution in [2.24, 2.45) is 5.92 Å². The van der Waals surface area contributed by atoms with E-state index in [1.54, 1.807) is 0 Å². The highest BCUT2D eigenvalue weighted by molar-refractivity contribution is 7.19. The summed E-state index contributed by atoms with van der Waals surface area (Å²) in [7, 11) is 0. The topological polar surface area (TPSA) is 32.3 Å². The molecule has 1 aromatic carbocycles. The van der Waals surface area contributed by atoms with Crippen LogP contribution in [0.15, 0.2) is 24.3 Å². The fourth-order valence-corrected chi connectivity index (χ4v) is 6.58. The number of amides is 1. The summed E-state index contributed by atoms with van der Waals surface area (Å²) in [6.07, 6.45) is 7.71. The van der Waals surface area contributed by atoms with E-state index < -0.39 is 0 Å². The van der Waals surface area contributed by atoms with Gasteiger partial charge in [-0.2, -0.15) is 0 Å². The Hall–Kier alpha value is -1.39. The third-order valence-corrected chi connectivity index (χ3v) is 8.31. The van der Waals surface area contributed by atoms with E-state index in [2.05, 4.69) is 28.4 Å². The minimum absolute atomic E-state index is 0.133. The van der Waals surface area contributed by atoms with E-state index in [1.807, 2.05) is 17.4 Å². The van der Waals surface area contributed by atoms with E-state index in [0.29, 0.717) is 17.5 Å². The zero-order valence-electron chi connectivity index (χ0n) is 14.5. The molecule has 4 heteroatoms. The first kappa shape index (κ1) is 14.7. The van der Waals surface area contributed by atoms with Gasteiger partial charge >= 0.3 is 0 Å². The summed E-state index contributed by atoms with van der Waals surface area (Å²) < 4.78 is 1.27. The summed E-state index contributed by atoms with van der Waals surface area (Å²) in [4.78, 5) is 17.1. The molecule has 2 aliphatic carbocycles. The number of carbonyl (C=O) groups excluding carboxylic acids is 1. The quantitative estimate of drug-likeness (QED) is 0.900. The van der Waals surface area contributed by atoms with Crippen molar-refractivity contribution >= 4 is 27.3 Å². The van der Waals surface area contributed by atoms with Gasteiger partial charge in [0.25, 0.3) is 5.91 Å². The lowest BCUT2D eigenvalue weighted by Gasteiger charge is -2.52. The fraction of sp³-hybridized carbons (Fsp3) is 0.571. The van der Waals surface area contributed by atoms with Crippen LogP contribution in [0, 0.1) is 5.92 Å². The highest BCUT2D eigenvalue weighted by atomic mass is 32.1. The molecule has 0 radical (unpaired) electrons. The molecule has 2 bridgehead atoms. The van der Waals surface area contributed by atoms with E-state index in [1.165, 1.54) is 66.6 Å². The van der Waals surface area contributed by atoms with Crippen LogP contribution < -0.4 is 5.32 Å². The SMILES string of the molecule is O=C(N[C@@H]1C2CCN(CC2)C12CC2)c1ccc2cc(C3CC3)sc2c1. The smallest absolute Gasteiger partial charge is 0.251 e. The summed E-state index contributed by atoms with van der Waals surface area (Å²) in [5.41, 5.74) is 1.15. The first-order valence-corrected chi connectivity index (χ1v) is 10.6. The van der Waals surface area contributed by atoms with Crippen LogP contribution in [0.25, 0.3) is 10.1 Å². The van der Waals surface area contributed by atoms with Gasteiger partial charge in [-0.1, -0.05) is 6.07 Å². The van der Waals surface area contributed by atoms with Crippen LogP contribution in [0.4, 0.5) is 0 Å². The molecule has 1 aromatic heterocycles. The molecule has 130 valence electrons. The Labute approximate surface area is 152 Å². The molecule has 0 unspecified atom stereocenters. The van der Waals surface area contributed by atoms with Gasteiger partial charge in [0.15, 0.2) is 0 Å². The number of hydrogen-bond donors (Lipinski definition) is 1. The predicted molar refractivity (Wildman–Crippen MR) is 101 cm³/mol. The molecule has 3 saturated heterocycles. The molecule has 4 heterocycles. The Morgan fingerprint density at radius 1 is 1.12 bits per heavy atom. The van der Waals surface area contributed by atoms with E-state index in [4.69, 9.17) is 0 Å². The number of nitrogens with zero attached hydrogens (tertiary/aromatic N) is 1. The van der Waals surface area contributed by atoms with Gasteiger partial charge < -0.3 is 5.32 Å². The maximum atomic E-state index is 13.0.